The highest BCUT2D eigenvalue weighted by Gasteiger charge is 2.20. The highest BCUT2D eigenvalue weighted by molar-refractivity contribution is 5.63. The number of benzene rings is 2. The van der Waals surface area contributed by atoms with E-state index in [2.05, 4.69) is 47.8 Å². The van der Waals surface area contributed by atoms with Crippen molar-refractivity contribution in [2.24, 2.45) is 5.92 Å². The van der Waals surface area contributed by atoms with E-state index in [1.165, 1.54) is 16.8 Å². The Balaban J connectivity index is 1.74. The van der Waals surface area contributed by atoms with E-state index in [0.717, 1.165) is 25.1 Å². The van der Waals surface area contributed by atoms with E-state index in [1.54, 1.807) is 0 Å². The van der Waals surface area contributed by atoms with Gasteiger partial charge < -0.3 is 10.1 Å². The summed E-state index contributed by atoms with van der Waals surface area (Å²) in [5.74, 6) is 1.64. The molecule has 0 spiro atoms. The average Bonchev–Trinajstić information content (AvgIpc) is 2.49. The zero-order chi connectivity index (χ0) is 13.8. The maximum atomic E-state index is 5.70. The van der Waals surface area contributed by atoms with Crippen LogP contribution in [0.3, 0.4) is 0 Å². The second-order valence-corrected chi connectivity index (χ2v) is 5.36. The van der Waals surface area contributed by atoms with Crippen LogP contribution in [-0.2, 0) is 12.8 Å². The molecule has 0 fully saturated rings. The van der Waals surface area contributed by atoms with E-state index < -0.39 is 0 Å². The lowest BCUT2D eigenvalue weighted by atomic mass is 9.89. The van der Waals surface area contributed by atoms with Gasteiger partial charge in [0.05, 0.1) is 12.3 Å². The molecule has 1 atom stereocenters. The largest absolute Gasteiger partial charge is 0.492 e. The fourth-order valence-corrected chi connectivity index (χ4v) is 2.94. The van der Waals surface area contributed by atoms with Crippen molar-refractivity contribution in [2.75, 3.05) is 18.5 Å². The van der Waals surface area contributed by atoms with Crippen LogP contribution in [0.5, 0.6) is 5.75 Å². The van der Waals surface area contributed by atoms with E-state index in [4.69, 9.17) is 4.74 Å². The number of anilines is 1. The molecule has 3 rings (SSSR count). The van der Waals surface area contributed by atoms with E-state index in [-0.39, 0.29) is 0 Å². The van der Waals surface area contributed by atoms with Gasteiger partial charge in [0.25, 0.3) is 0 Å². The van der Waals surface area contributed by atoms with Gasteiger partial charge in [-0.15, -0.1) is 0 Å². The number of hydrogen-bond acceptors (Lipinski definition) is 2. The Morgan fingerprint density at radius 1 is 1.10 bits per heavy atom. The van der Waals surface area contributed by atoms with E-state index >= 15 is 0 Å². The van der Waals surface area contributed by atoms with Crippen LogP contribution in [0.2, 0.25) is 0 Å². The number of rotatable bonds is 4. The van der Waals surface area contributed by atoms with Gasteiger partial charge in [-0.2, -0.15) is 0 Å². The second kappa shape index (κ2) is 6.00. The summed E-state index contributed by atoms with van der Waals surface area (Å²) in [6, 6.07) is 17.1. The first-order valence-electron chi connectivity index (χ1n) is 7.39. The zero-order valence-electron chi connectivity index (χ0n) is 11.9. The summed E-state index contributed by atoms with van der Waals surface area (Å²) < 4.78 is 5.70. The van der Waals surface area contributed by atoms with Gasteiger partial charge in [-0.05, 0) is 42.9 Å². The molecule has 2 heteroatoms. The Bertz CT molecular complexity index is 565. The summed E-state index contributed by atoms with van der Waals surface area (Å²) in [6.07, 6.45) is 2.25. The molecule has 2 aromatic rings. The molecule has 0 saturated heterocycles. The average molecular weight is 267 g/mol. The summed E-state index contributed by atoms with van der Waals surface area (Å²) in [4.78, 5) is 0. The molecule has 0 bridgehead atoms. The first-order valence-corrected chi connectivity index (χ1v) is 7.39. The van der Waals surface area contributed by atoms with Gasteiger partial charge in [0.15, 0.2) is 0 Å². The Labute approximate surface area is 120 Å². The molecule has 1 N–H and O–H groups in total. The van der Waals surface area contributed by atoms with Gasteiger partial charge in [0.2, 0.25) is 0 Å². The molecule has 1 aliphatic heterocycles. The number of fused-ring (bicyclic) bond motifs is 1. The van der Waals surface area contributed by atoms with Gasteiger partial charge in [-0.25, -0.2) is 0 Å². The highest BCUT2D eigenvalue weighted by Crippen LogP contribution is 2.34. The third kappa shape index (κ3) is 2.79. The fraction of sp³-hybridized carbons (Fsp3) is 0.333. The van der Waals surface area contributed by atoms with Crippen molar-refractivity contribution in [3.63, 3.8) is 0 Å². The third-order valence-electron chi connectivity index (χ3n) is 3.86. The SMILES string of the molecule is CCOc1cccc2c1NCC(Cc1ccccc1)C2. The van der Waals surface area contributed by atoms with Crippen LogP contribution in [0, 0.1) is 5.92 Å². The van der Waals surface area contributed by atoms with Gasteiger partial charge in [-0.1, -0.05) is 42.5 Å². The molecule has 0 amide bonds. The van der Waals surface area contributed by atoms with Crippen LogP contribution in [0.15, 0.2) is 48.5 Å². The minimum atomic E-state index is 0.654. The monoisotopic (exact) mass is 267 g/mol. The smallest absolute Gasteiger partial charge is 0.142 e. The van der Waals surface area contributed by atoms with Crippen LogP contribution in [-0.4, -0.2) is 13.2 Å². The van der Waals surface area contributed by atoms with Crippen molar-refractivity contribution >= 4 is 5.69 Å². The standard InChI is InChI=1S/C18H21NO/c1-2-20-17-10-6-9-16-12-15(13-19-18(16)17)11-14-7-4-3-5-8-14/h3-10,15,19H,2,11-13H2,1H3. The van der Waals surface area contributed by atoms with Crippen molar-refractivity contribution in [3.05, 3.63) is 59.7 Å². The van der Waals surface area contributed by atoms with Gasteiger partial charge in [0, 0.05) is 6.54 Å². The zero-order valence-corrected chi connectivity index (χ0v) is 11.9. The predicted octanol–water partition coefficient (Wildman–Crippen LogP) is 3.91. The van der Waals surface area contributed by atoms with Crippen molar-refractivity contribution < 1.29 is 4.74 Å². The minimum Gasteiger partial charge on any atom is -0.492 e. The molecule has 0 saturated carbocycles. The topological polar surface area (TPSA) is 21.3 Å². The molecule has 0 radical (unpaired) electrons. The van der Waals surface area contributed by atoms with Crippen molar-refractivity contribution in [2.45, 2.75) is 19.8 Å². The molecule has 0 aliphatic carbocycles. The molecule has 2 aromatic carbocycles. The van der Waals surface area contributed by atoms with Gasteiger partial charge in [0.1, 0.15) is 5.75 Å². The normalized spacial score (nSPS) is 17.1. The lowest BCUT2D eigenvalue weighted by Gasteiger charge is -2.27. The molecule has 2 nitrogen and oxygen atoms in total. The number of nitrogens with one attached hydrogen (secondary N) is 1. The van der Waals surface area contributed by atoms with Gasteiger partial charge >= 0.3 is 0 Å². The quantitative estimate of drug-likeness (QED) is 0.906. The lowest BCUT2D eigenvalue weighted by molar-refractivity contribution is 0.340. The van der Waals surface area contributed by atoms with E-state index in [0.29, 0.717) is 12.5 Å². The molecule has 1 heterocycles. The number of hydrogen-bond donors (Lipinski definition) is 1. The van der Waals surface area contributed by atoms with Crippen LogP contribution in [0.1, 0.15) is 18.1 Å². The number of para-hydroxylation sites is 1. The molecular formula is C18H21NO. The Morgan fingerprint density at radius 2 is 1.95 bits per heavy atom. The van der Waals surface area contributed by atoms with Crippen molar-refractivity contribution in [1.82, 2.24) is 0 Å². The maximum Gasteiger partial charge on any atom is 0.142 e. The summed E-state index contributed by atoms with van der Waals surface area (Å²) >= 11 is 0. The Hall–Kier alpha value is -1.96. The van der Waals surface area contributed by atoms with Crippen molar-refractivity contribution in [1.29, 1.82) is 0 Å². The first kappa shape index (κ1) is 13.0. The van der Waals surface area contributed by atoms with E-state index in [9.17, 15) is 0 Å². The lowest BCUT2D eigenvalue weighted by Crippen LogP contribution is -2.25. The Kier molecular flexibility index (Phi) is 3.91. The summed E-state index contributed by atoms with van der Waals surface area (Å²) in [5, 5.41) is 3.56. The predicted molar refractivity (Wildman–Crippen MR) is 83.4 cm³/mol. The van der Waals surface area contributed by atoms with E-state index in [1.807, 2.05) is 13.0 Å². The van der Waals surface area contributed by atoms with Crippen LogP contribution < -0.4 is 10.1 Å². The second-order valence-electron chi connectivity index (χ2n) is 5.36. The number of ether oxygens (including phenoxy) is 1. The first-order chi connectivity index (χ1) is 9.86. The molecule has 0 aromatic heterocycles. The molecular weight excluding hydrogens is 246 g/mol. The van der Waals surface area contributed by atoms with Crippen molar-refractivity contribution in [3.8, 4) is 5.75 Å². The summed E-state index contributed by atoms with van der Waals surface area (Å²) in [5.41, 5.74) is 3.99. The summed E-state index contributed by atoms with van der Waals surface area (Å²) in [6.45, 7) is 3.76. The molecule has 104 valence electrons. The Morgan fingerprint density at radius 3 is 2.75 bits per heavy atom. The van der Waals surface area contributed by atoms with Crippen LogP contribution in [0.25, 0.3) is 0 Å². The molecule has 1 unspecified atom stereocenters. The van der Waals surface area contributed by atoms with Crippen LogP contribution >= 0.6 is 0 Å². The molecule has 1 aliphatic rings. The molecule has 20 heavy (non-hydrogen) atoms. The summed E-state index contributed by atoms with van der Waals surface area (Å²) in [7, 11) is 0. The minimum absolute atomic E-state index is 0.654. The third-order valence-corrected chi connectivity index (χ3v) is 3.86. The maximum absolute atomic E-state index is 5.70. The fourth-order valence-electron chi connectivity index (χ4n) is 2.94. The van der Waals surface area contributed by atoms with Crippen LogP contribution in [0.4, 0.5) is 5.69 Å². The van der Waals surface area contributed by atoms with Gasteiger partial charge in [-0.3, -0.25) is 0 Å². The highest BCUT2D eigenvalue weighted by atomic mass is 16.5.